The monoisotopic (exact) mass is 273 g/mol. The summed E-state index contributed by atoms with van der Waals surface area (Å²) in [6.45, 7) is 2.69. The number of hydrogen-bond acceptors (Lipinski definition) is 4. The number of nitrogens with one attached hydrogen (secondary N) is 1. The highest BCUT2D eigenvalue weighted by Gasteiger charge is 2.28. The number of rotatable bonds is 6. The topological polar surface area (TPSA) is 82.1 Å². The summed E-state index contributed by atoms with van der Waals surface area (Å²) in [6.07, 6.45) is 0.789. The van der Waals surface area contributed by atoms with E-state index in [1.54, 1.807) is 4.90 Å². The summed E-state index contributed by atoms with van der Waals surface area (Å²) in [7, 11) is 3.96. The van der Waals surface area contributed by atoms with Gasteiger partial charge in [0.05, 0.1) is 25.7 Å². The van der Waals surface area contributed by atoms with Crippen molar-refractivity contribution in [2.45, 2.75) is 18.9 Å². The molecular weight excluding hydrogens is 250 g/mol. The van der Waals surface area contributed by atoms with E-state index < -0.39 is 5.97 Å². The number of carboxylic acids is 1. The number of urea groups is 1. The third-order valence-electron chi connectivity index (χ3n) is 2.96. The molecule has 0 saturated carbocycles. The average molecular weight is 273 g/mol. The number of carbonyl (C=O) groups excluding carboxylic acids is 1. The minimum atomic E-state index is -0.916. The molecule has 1 aliphatic rings. The molecule has 1 unspecified atom stereocenters. The zero-order chi connectivity index (χ0) is 14.3. The number of carbonyl (C=O) groups is 2. The molecule has 2 N–H and O–H groups in total. The van der Waals surface area contributed by atoms with Crippen molar-refractivity contribution in [3.63, 3.8) is 0 Å². The molecule has 0 aromatic rings. The van der Waals surface area contributed by atoms with Crippen molar-refractivity contribution in [2.24, 2.45) is 0 Å². The summed E-state index contributed by atoms with van der Waals surface area (Å²) >= 11 is 0. The Morgan fingerprint density at radius 2 is 2.21 bits per heavy atom. The molecular formula is C12H23N3O4. The molecule has 1 heterocycles. The van der Waals surface area contributed by atoms with Crippen LogP contribution in [0.2, 0.25) is 0 Å². The molecule has 1 saturated heterocycles. The van der Waals surface area contributed by atoms with Gasteiger partial charge in [-0.1, -0.05) is 0 Å². The van der Waals surface area contributed by atoms with Gasteiger partial charge in [-0.05, 0) is 27.1 Å². The molecule has 0 aromatic carbocycles. The van der Waals surface area contributed by atoms with Crippen molar-refractivity contribution < 1.29 is 19.4 Å². The molecule has 7 nitrogen and oxygen atoms in total. The molecule has 0 aliphatic carbocycles. The lowest BCUT2D eigenvalue weighted by Gasteiger charge is -2.34. The van der Waals surface area contributed by atoms with Gasteiger partial charge in [0, 0.05) is 13.1 Å². The lowest BCUT2D eigenvalue weighted by atomic mass is 10.1. The van der Waals surface area contributed by atoms with Gasteiger partial charge < -0.3 is 25.0 Å². The standard InChI is InChI=1S/C12H23N3O4/c1-14(2)5-3-4-13-12(18)15-6-7-19-9-10(15)8-11(16)17/h10H,3-9H2,1-2H3,(H,13,18)(H,16,17). The molecule has 1 aliphatic heterocycles. The lowest BCUT2D eigenvalue weighted by Crippen LogP contribution is -2.53. The highest BCUT2D eigenvalue weighted by molar-refractivity contribution is 5.76. The van der Waals surface area contributed by atoms with Gasteiger partial charge in [-0.3, -0.25) is 4.79 Å². The summed E-state index contributed by atoms with van der Waals surface area (Å²) in [4.78, 5) is 26.4. The zero-order valence-electron chi connectivity index (χ0n) is 11.6. The fourth-order valence-electron chi connectivity index (χ4n) is 1.99. The largest absolute Gasteiger partial charge is 0.481 e. The number of morpholine rings is 1. The highest BCUT2D eigenvalue weighted by Crippen LogP contribution is 2.10. The second-order valence-corrected chi connectivity index (χ2v) is 4.91. The second-order valence-electron chi connectivity index (χ2n) is 4.91. The van der Waals surface area contributed by atoms with E-state index in [1.807, 2.05) is 19.0 Å². The van der Waals surface area contributed by atoms with Crippen molar-refractivity contribution in [1.82, 2.24) is 15.1 Å². The van der Waals surface area contributed by atoms with E-state index in [1.165, 1.54) is 0 Å². The van der Waals surface area contributed by atoms with Gasteiger partial charge in [0.1, 0.15) is 0 Å². The van der Waals surface area contributed by atoms with E-state index in [9.17, 15) is 9.59 Å². The van der Waals surface area contributed by atoms with E-state index in [-0.39, 0.29) is 25.1 Å². The average Bonchev–Trinajstić information content (AvgIpc) is 2.34. The first-order chi connectivity index (χ1) is 9.00. The number of hydrogen-bond donors (Lipinski definition) is 2. The Kier molecular flexibility index (Phi) is 6.58. The number of amides is 2. The predicted octanol–water partition coefficient (Wildman–Crippen LogP) is -0.177. The molecule has 0 bridgehead atoms. The fourth-order valence-corrected chi connectivity index (χ4v) is 1.99. The number of ether oxygens (including phenoxy) is 1. The van der Waals surface area contributed by atoms with Crippen LogP contribution in [0, 0.1) is 0 Å². The molecule has 1 fully saturated rings. The van der Waals surface area contributed by atoms with Crippen LogP contribution in [0.3, 0.4) is 0 Å². The summed E-state index contributed by atoms with van der Waals surface area (Å²) in [5.74, 6) is -0.916. The smallest absolute Gasteiger partial charge is 0.317 e. The molecule has 1 rings (SSSR count). The highest BCUT2D eigenvalue weighted by atomic mass is 16.5. The molecule has 1 atom stereocenters. The lowest BCUT2D eigenvalue weighted by molar-refractivity contribution is -0.139. The van der Waals surface area contributed by atoms with Crippen LogP contribution in [0.25, 0.3) is 0 Å². The summed E-state index contributed by atoms with van der Waals surface area (Å²) in [5.41, 5.74) is 0. The maximum Gasteiger partial charge on any atom is 0.317 e. The van der Waals surface area contributed by atoms with Crippen LogP contribution >= 0.6 is 0 Å². The second kappa shape index (κ2) is 7.96. The maximum absolute atomic E-state index is 12.0. The van der Waals surface area contributed by atoms with E-state index in [0.29, 0.717) is 19.7 Å². The molecule has 2 amide bonds. The van der Waals surface area contributed by atoms with Gasteiger partial charge >= 0.3 is 12.0 Å². The fraction of sp³-hybridized carbons (Fsp3) is 0.833. The molecule has 0 spiro atoms. The van der Waals surface area contributed by atoms with Gasteiger partial charge in [0.15, 0.2) is 0 Å². The normalized spacial score (nSPS) is 19.5. The van der Waals surface area contributed by atoms with Crippen molar-refractivity contribution in [2.75, 3.05) is 46.9 Å². The van der Waals surface area contributed by atoms with Crippen molar-refractivity contribution >= 4 is 12.0 Å². The van der Waals surface area contributed by atoms with Crippen LogP contribution in [0.15, 0.2) is 0 Å². The summed E-state index contributed by atoms with van der Waals surface area (Å²) in [5, 5.41) is 11.6. The first kappa shape index (κ1) is 15.7. The van der Waals surface area contributed by atoms with E-state index in [2.05, 4.69) is 5.32 Å². The molecule has 19 heavy (non-hydrogen) atoms. The Bertz CT molecular complexity index is 309. The number of carboxylic acid groups (broad SMARTS) is 1. The molecule has 110 valence electrons. The Hall–Kier alpha value is -1.34. The Morgan fingerprint density at radius 3 is 2.84 bits per heavy atom. The number of aliphatic carboxylic acids is 1. The maximum atomic E-state index is 12.0. The Morgan fingerprint density at radius 1 is 1.47 bits per heavy atom. The van der Waals surface area contributed by atoms with Gasteiger partial charge in [-0.15, -0.1) is 0 Å². The molecule has 0 radical (unpaired) electrons. The number of nitrogens with zero attached hydrogens (tertiary/aromatic N) is 2. The van der Waals surface area contributed by atoms with Crippen molar-refractivity contribution in [3.05, 3.63) is 0 Å². The summed E-state index contributed by atoms with van der Waals surface area (Å²) in [6, 6.07) is -0.576. The molecule has 7 heteroatoms. The summed E-state index contributed by atoms with van der Waals surface area (Å²) < 4.78 is 5.23. The van der Waals surface area contributed by atoms with Crippen molar-refractivity contribution in [3.8, 4) is 0 Å². The van der Waals surface area contributed by atoms with Gasteiger partial charge in [0.2, 0.25) is 0 Å². The Labute approximate surface area is 113 Å². The minimum absolute atomic E-state index is 0.0783. The van der Waals surface area contributed by atoms with E-state index in [0.717, 1.165) is 13.0 Å². The van der Waals surface area contributed by atoms with Crippen LogP contribution in [0.1, 0.15) is 12.8 Å². The zero-order valence-corrected chi connectivity index (χ0v) is 11.6. The van der Waals surface area contributed by atoms with Gasteiger partial charge in [-0.2, -0.15) is 0 Å². The quantitative estimate of drug-likeness (QED) is 0.656. The van der Waals surface area contributed by atoms with Crippen LogP contribution in [-0.2, 0) is 9.53 Å². The third kappa shape index (κ3) is 5.89. The van der Waals surface area contributed by atoms with E-state index >= 15 is 0 Å². The first-order valence-electron chi connectivity index (χ1n) is 6.49. The van der Waals surface area contributed by atoms with Gasteiger partial charge in [-0.25, -0.2) is 4.79 Å². The van der Waals surface area contributed by atoms with Crippen LogP contribution in [0.5, 0.6) is 0 Å². The van der Waals surface area contributed by atoms with Crippen LogP contribution in [-0.4, -0.2) is 79.9 Å². The SMILES string of the molecule is CN(C)CCCNC(=O)N1CCOCC1CC(=O)O. The van der Waals surface area contributed by atoms with Gasteiger partial charge in [0.25, 0.3) is 0 Å². The van der Waals surface area contributed by atoms with Crippen molar-refractivity contribution in [1.29, 1.82) is 0 Å². The minimum Gasteiger partial charge on any atom is -0.481 e. The predicted molar refractivity (Wildman–Crippen MR) is 70.1 cm³/mol. The third-order valence-corrected chi connectivity index (χ3v) is 2.96. The Balaban J connectivity index is 2.37. The molecule has 0 aromatic heterocycles. The van der Waals surface area contributed by atoms with E-state index in [4.69, 9.17) is 9.84 Å². The van der Waals surface area contributed by atoms with Crippen LogP contribution in [0.4, 0.5) is 4.79 Å². The van der Waals surface area contributed by atoms with Crippen LogP contribution < -0.4 is 5.32 Å². The first-order valence-corrected chi connectivity index (χ1v) is 6.49.